The van der Waals surface area contributed by atoms with Gasteiger partial charge in [-0.15, -0.1) is 0 Å². The van der Waals surface area contributed by atoms with Crippen molar-refractivity contribution >= 4 is 5.78 Å². The van der Waals surface area contributed by atoms with Gasteiger partial charge in [0.05, 0.1) is 5.56 Å². The molecule has 0 radical (unpaired) electrons. The lowest BCUT2D eigenvalue weighted by atomic mass is 9.88. The lowest BCUT2D eigenvalue weighted by Gasteiger charge is -2.16. The van der Waals surface area contributed by atoms with Crippen molar-refractivity contribution in [3.8, 4) is 0 Å². The smallest absolute Gasteiger partial charge is 0.299 e. The Morgan fingerprint density at radius 3 is 1.94 bits per heavy atom. The Balaban J connectivity index is 2.67. The lowest BCUT2D eigenvalue weighted by Crippen LogP contribution is -2.14. The number of rotatable bonds is 3. The van der Waals surface area contributed by atoms with Crippen LogP contribution in [0.15, 0.2) is 24.3 Å². The first-order valence-corrected chi connectivity index (χ1v) is 5.76. The number of halogens is 3. The summed E-state index contributed by atoms with van der Waals surface area (Å²) in [7, 11) is 0. The quantitative estimate of drug-likeness (QED) is 0.792. The molecule has 4 heteroatoms. The lowest BCUT2D eigenvalue weighted by molar-refractivity contribution is -0.137. The summed E-state index contributed by atoms with van der Waals surface area (Å²) < 4.78 is 37.0. The minimum absolute atomic E-state index is 0.0438. The maximum Gasteiger partial charge on any atom is 0.416 e. The van der Waals surface area contributed by atoms with Gasteiger partial charge in [-0.3, -0.25) is 4.79 Å². The van der Waals surface area contributed by atoms with Crippen molar-refractivity contribution in [1.29, 1.82) is 0 Å². The molecule has 1 aromatic carbocycles. The minimum atomic E-state index is -4.33. The molecule has 0 N–H and O–H groups in total. The van der Waals surface area contributed by atoms with E-state index in [0.717, 1.165) is 12.1 Å². The van der Waals surface area contributed by atoms with E-state index < -0.39 is 11.7 Å². The van der Waals surface area contributed by atoms with Crippen molar-refractivity contribution in [3.05, 3.63) is 35.4 Å². The van der Waals surface area contributed by atoms with Crippen molar-refractivity contribution in [2.75, 3.05) is 0 Å². The number of Topliss-reactive ketones (excluding diaryl/α,β-unsaturated/α-hetero) is 1. The largest absolute Gasteiger partial charge is 0.416 e. The minimum Gasteiger partial charge on any atom is -0.299 e. The number of alkyl halides is 3. The van der Waals surface area contributed by atoms with Crippen molar-refractivity contribution in [2.24, 2.45) is 5.41 Å². The van der Waals surface area contributed by atoms with Crippen LogP contribution in [0.5, 0.6) is 0 Å². The van der Waals surface area contributed by atoms with Crippen molar-refractivity contribution in [3.63, 3.8) is 0 Å². The maximum absolute atomic E-state index is 12.3. The van der Waals surface area contributed by atoms with Gasteiger partial charge in [0.2, 0.25) is 0 Å². The predicted molar refractivity (Wildman–Crippen MR) is 64.2 cm³/mol. The third-order valence-electron chi connectivity index (χ3n) is 2.41. The summed E-state index contributed by atoms with van der Waals surface area (Å²) in [6.45, 7) is 5.87. The molecule has 0 aliphatic heterocycles. The SMILES string of the molecule is CC(C)(C)CC(=O)Cc1ccc(C(F)(F)F)cc1. The molecule has 0 amide bonds. The molecule has 1 rings (SSSR count). The average molecular weight is 258 g/mol. The van der Waals surface area contributed by atoms with Crippen molar-refractivity contribution < 1.29 is 18.0 Å². The van der Waals surface area contributed by atoms with Gasteiger partial charge >= 0.3 is 6.18 Å². The number of carbonyl (C=O) groups is 1. The summed E-state index contributed by atoms with van der Waals surface area (Å²) in [6, 6.07) is 4.76. The summed E-state index contributed by atoms with van der Waals surface area (Å²) in [4.78, 5) is 11.7. The van der Waals surface area contributed by atoms with Crippen LogP contribution >= 0.6 is 0 Å². The van der Waals surface area contributed by atoms with Crippen molar-refractivity contribution in [1.82, 2.24) is 0 Å². The molecule has 0 aliphatic carbocycles. The fraction of sp³-hybridized carbons (Fsp3) is 0.500. The molecular weight excluding hydrogens is 241 g/mol. The molecule has 1 aromatic rings. The topological polar surface area (TPSA) is 17.1 Å². The zero-order valence-corrected chi connectivity index (χ0v) is 10.8. The second-order valence-corrected chi connectivity index (χ2v) is 5.65. The van der Waals surface area contributed by atoms with Crippen LogP contribution in [0.4, 0.5) is 13.2 Å². The van der Waals surface area contributed by atoms with Crippen LogP contribution in [-0.4, -0.2) is 5.78 Å². The first-order chi connectivity index (χ1) is 8.08. The molecule has 0 unspecified atom stereocenters. The normalized spacial score (nSPS) is 12.6. The van der Waals surface area contributed by atoms with E-state index in [2.05, 4.69) is 0 Å². The molecule has 0 saturated heterocycles. The molecule has 0 atom stereocenters. The van der Waals surface area contributed by atoms with Gasteiger partial charge in [-0.2, -0.15) is 13.2 Å². The number of hydrogen-bond donors (Lipinski definition) is 0. The summed E-state index contributed by atoms with van der Waals surface area (Å²) in [5.74, 6) is 0.0438. The van der Waals surface area contributed by atoms with E-state index in [9.17, 15) is 18.0 Å². The van der Waals surface area contributed by atoms with Gasteiger partial charge < -0.3 is 0 Å². The highest BCUT2D eigenvalue weighted by molar-refractivity contribution is 5.81. The zero-order valence-electron chi connectivity index (χ0n) is 10.8. The highest BCUT2D eigenvalue weighted by Gasteiger charge is 2.30. The Bertz CT molecular complexity index is 410. The highest BCUT2D eigenvalue weighted by atomic mass is 19.4. The molecule has 0 heterocycles. The third-order valence-corrected chi connectivity index (χ3v) is 2.41. The zero-order chi connectivity index (χ0) is 14.0. The Hall–Kier alpha value is -1.32. The van der Waals surface area contributed by atoms with Crippen LogP contribution in [0.25, 0.3) is 0 Å². The van der Waals surface area contributed by atoms with Gasteiger partial charge in [0, 0.05) is 12.8 Å². The van der Waals surface area contributed by atoms with Gasteiger partial charge in [-0.1, -0.05) is 32.9 Å². The highest BCUT2D eigenvalue weighted by Crippen LogP contribution is 2.29. The molecule has 0 saturated carbocycles. The van der Waals surface area contributed by atoms with Crippen LogP contribution in [-0.2, 0) is 17.4 Å². The van der Waals surface area contributed by atoms with Crippen LogP contribution in [0.2, 0.25) is 0 Å². The third kappa shape index (κ3) is 4.90. The molecule has 100 valence electrons. The standard InChI is InChI=1S/C14H17F3O/c1-13(2,3)9-12(18)8-10-4-6-11(7-5-10)14(15,16)17/h4-7H,8-9H2,1-3H3. The molecule has 0 fully saturated rings. The first-order valence-electron chi connectivity index (χ1n) is 5.76. The Morgan fingerprint density at radius 1 is 1.06 bits per heavy atom. The van der Waals surface area contributed by atoms with Gasteiger partial charge in [0.15, 0.2) is 0 Å². The van der Waals surface area contributed by atoms with Gasteiger partial charge in [0.1, 0.15) is 5.78 Å². The van der Waals surface area contributed by atoms with E-state index in [0.29, 0.717) is 12.0 Å². The van der Waals surface area contributed by atoms with Crippen molar-refractivity contribution in [2.45, 2.75) is 39.8 Å². The number of ketones is 1. The second-order valence-electron chi connectivity index (χ2n) is 5.65. The number of benzene rings is 1. The summed E-state index contributed by atoms with van der Waals surface area (Å²) in [6.07, 6.45) is -3.71. The molecule has 0 aliphatic rings. The van der Waals surface area contributed by atoms with Gasteiger partial charge in [-0.25, -0.2) is 0 Å². The van der Waals surface area contributed by atoms with Crippen LogP contribution in [0, 0.1) is 5.41 Å². The van der Waals surface area contributed by atoms with E-state index in [4.69, 9.17) is 0 Å². The van der Waals surface area contributed by atoms with Crippen LogP contribution in [0.1, 0.15) is 38.3 Å². The molecule has 0 bridgehead atoms. The Kier molecular flexibility index (Phi) is 4.20. The van der Waals surface area contributed by atoms with Gasteiger partial charge in [0.25, 0.3) is 0 Å². The van der Waals surface area contributed by atoms with E-state index in [-0.39, 0.29) is 17.6 Å². The van der Waals surface area contributed by atoms with Crippen LogP contribution < -0.4 is 0 Å². The summed E-state index contributed by atoms with van der Waals surface area (Å²) >= 11 is 0. The summed E-state index contributed by atoms with van der Waals surface area (Å²) in [5, 5.41) is 0. The van der Waals surface area contributed by atoms with E-state index in [1.54, 1.807) is 0 Å². The molecular formula is C14H17F3O. The Labute approximate surface area is 105 Å². The predicted octanol–water partition coefficient (Wildman–Crippen LogP) is 4.25. The fourth-order valence-corrected chi connectivity index (χ4v) is 1.69. The maximum atomic E-state index is 12.3. The Morgan fingerprint density at radius 2 is 1.56 bits per heavy atom. The van der Waals surface area contributed by atoms with Crippen LogP contribution in [0.3, 0.4) is 0 Å². The van der Waals surface area contributed by atoms with E-state index in [1.165, 1.54) is 12.1 Å². The molecule has 0 spiro atoms. The van der Waals surface area contributed by atoms with E-state index in [1.807, 2.05) is 20.8 Å². The number of carbonyl (C=O) groups excluding carboxylic acids is 1. The molecule has 18 heavy (non-hydrogen) atoms. The molecule has 0 aromatic heterocycles. The molecule has 1 nitrogen and oxygen atoms in total. The first kappa shape index (κ1) is 14.7. The fourth-order valence-electron chi connectivity index (χ4n) is 1.69. The summed E-state index contributed by atoms with van der Waals surface area (Å²) in [5.41, 5.74) is -0.157. The monoisotopic (exact) mass is 258 g/mol. The second kappa shape index (κ2) is 5.12. The number of hydrogen-bond acceptors (Lipinski definition) is 1. The van der Waals surface area contributed by atoms with Gasteiger partial charge in [-0.05, 0) is 23.1 Å². The average Bonchev–Trinajstić information content (AvgIpc) is 2.13. The van der Waals surface area contributed by atoms with E-state index >= 15 is 0 Å².